The van der Waals surface area contributed by atoms with Crippen LogP contribution in [0.5, 0.6) is 0 Å². The van der Waals surface area contributed by atoms with Gasteiger partial charge in [0.2, 0.25) is 5.91 Å². The summed E-state index contributed by atoms with van der Waals surface area (Å²) in [5, 5.41) is 2.68. The van der Waals surface area contributed by atoms with E-state index in [2.05, 4.69) is 5.32 Å². The van der Waals surface area contributed by atoms with Gasteiger partial charge in [-0.15, -0.1) is 0 Å². The molecule has 0 aromatic heterocycles. The van der Waals surface area contributed by atoms with Crippen LogP contribution in [0, 0.1) is 23.5 Å². The molecule has 5 nitrogen and oxygen atoms in total. The minimum atomic E-state index is -5.09. The molecule has 0 unspecified atom stereocenters. The highest BCUT2D eigenvalue weighted by Crippen LogP contribution is 2.42. The summed E-state index contributed by atoms with van der Waals surface area (Å²) in [5.41, 5.74) is -3.21. The molecule has 1 spiro atoms. The monoisotopic (exact) mass is 434 g/mol. The first-order chi connectivity index (χ1) is 14.0. The molecule has 2 saturated heterocycles. The number of alkyl halides is 3. The van der Waals surface area contributed by atoms with E-state index in [1.807, 2.05) is 0 Å². The maximum absolute atomic E-state index is 14.3. The van der Waals surface area contributed by atoms with Gasteiger partial charge in [0.05, 0.1) is 11.1 Å². The van der Waals surface area contributed by atoms with Crippen molar-refractivity contribution in [2.75, 3.05) is 19.7 Å². The van der Waals surface area contributed by atoms with Gasteiger partial charge in [-0.3, -0.25) is 4.79 Å². The van der Waals surface area contributed by atoms with Crippen molar-refractivity contribution in [3.05, 3.63) is 41.0 Å². The molecular formula is C19H16F6N2O3. The molecule has 1 saturated carbocycles. The zero-order chi connectivity index (χ0) is 21.8. The van der Waals surface area contributed by atoms with Crippen LogP contribution in [0.1, 0.15) is 24.0 Å². The van der Waals surface area contributed by atoms with Crippen molar-refractivity contribution in [2.45, 2.75) is 24.6 Å². The van der Waals surface area contributed by atoms with Gasteiger partial charge in [0, 0.05) is 30.5 Å². The van der Waals surface area contributed by atoms with Crippen LogP contribution < -0.4 is 5.32 Å². The highest BCUT2D eigenvalue weighted by atomic mass is 19.4. The Bertz CT molecular complexity index is 933. The van der Waals surface area contributed by atoms with Gasteiger partial charge in [0.1, 0.15) is 12.4 Å². The number of ether oxygens (including phenoxy) is 1. The Morgan fingerprint density at radius 3 is 2.43 bits per heavy atom. The van der Waals surface area contributed by atoms with Crippen LogP contribution in [-0.4, -0.2) is 42.1 Å². The Labute approximate surface area is 166 Å². The third-order valence-electron chi connectivity index (χ3n) is 5.72. The van der Waals surface area contributed by atoms with Gasteiger partial charge < -0.3 is 15.0 Å². The number of hydrogen-bond donors (Lipinski definition) is 1. The number of carbonyl (C=O) groups is 2. The molecule has 4 rings (SSSR count). The van der Waals surface area contributed by atoms with E-state index in [1.54, 1.807) is 0 Å². The zero-order valence-electron chi connectivity index (χ0n) is 15.4. The minimum absolute atomic E-state index is 0.154. The summed E-state index contributed by atoms with van der Waals surface area (Å²) < 4.78 is 84.4. The van der Waals surface area contributed by atoms with E-state index in [-0.39, 0.29) is 37.6 Å². The first-order valence-electron chi connectivity index (χ1n) is 9.16. The average Bonchev–Trinajstić information content (AvgIpc) is 2.99. The van der Waals surface area contributed by atoms with Gasteiger partial charge in [-0.2, -0.15) is 13.2 Å². The lowest BCUT2D eigenvalue weighted by atomic mass is 9.68. The van der Waals surface area contributed by atoms with E-state index in [0.717, 1.165) is 6.08 Å². The van der Waals surface area contributed by atoms with Gasteiger partial charge in [0.25, 0.3) is 0 Å². The summed E-state index contributed by atoms with van der Waals surface area (Å²) >= 11 is 0. The number of alkyl carbamates (subject to hydrolysis) is 1. The number of benzene rings is 1. The van der Waals surface area contributed by atoms with Crippen molar-refractivity contribution in [2.24, 2.45) is 11.8 Å². The molecule has 11 heteroatoms. The summed E-state index contributed by atoms with van der Waals surface area (Å²) in [4.78, 5) is 25.0. The van der Waals surface area contributed by atoms with E-state index in [1.165, 1.54) is 4.90 Å². The summed E-state index contributed by atoms with van der Waals surface area (Å²) in [6.45, 7) is 0.522. The minimum Gasteiger partial charge on any atom is -0.447 e. The second-order valence-corrected chi connectivity index (χ2v) is 7.89. The first-order valence-corrected chi connectivity index (χ1v) is 9.16. The van der Waals surface area contributed by atoms with Crippen LogP contribution in [0.4, 0.5) is 31.1 Å². The Balaban J connectivity index is 1.35. The third kappa shape index (κ3) is 3.50. The first kappa shape index (κ1) is 20.5. The van der Waals surface area contributed by atoms with Crippen LogP contribution >= 0.6 is 0 Å². The average molecular weight is 434 g/mol. The predicted octanol–water partition coefficient (Wildman–Crippen LogP) is 3.64. The van der Waals surface area contributed by atoms with Crippen molar-refractivity contribution in [1.29, 1.82) is 0 Å². The summed E-state index contributed by atoms with van der Waals surface area (Å²) in [5.74, 6) is -6.17. The summed E-state index contributed by atoms with van der Waals surface area (Å²) in [6.07, 6.45) is -3.75. The lowest BCUT2D eigenvalue weighted by Gasteiger charge is -2.47. The van der Waals surface area contributed by atoms with Crippen molar-refractivity contribution in [1.82, 2.24) is 10.2 Å². The molecule has 0 atom stereocenters. The highest BCUT2D eigenvalue weighted by Gasteiger charge is 2.54. The second kappa shape index (κ2) is 6.92. The molecule has 162 valence electrons. The molecule has 2 amide bonds. The molecule has 1 aromatic rings. The number of rotatable bonds is 3. The van der Waals surface area contributed by atoms with Crippen LogP contribution in [0.25, 0.3) is 5.83 Å². The highest BCUT2D eigenvalue weighted by molar-refractivity contribution is 5.82. The number of cyclic esters (lactones) is 1. The Hall–Kier alpha value is -2.72. The van der Waals surface area contributed by atoms with E-state index in [0.29, 0.717) is 18.9 Å². The molecule has 1 N–H and O–H groups in total. The molecular weight excluding hydrogens is 418 g/mol. The standard InChI is InChI=1S/C19H16F6N2O3/c20-13(11-1-2-12(19(23,24)25)15(22)14(11)21)3-9-6-27(7-9)16(28)10-4-18(5-10)8-30-17(29)26-18/h1-3,9-10H,4-8H2,(H,26,29)/b13-3-/t10-,18+. The molecule has 30 heavy (non-hydrogen) atoms. The van der Waals surface area contributed by atoms with Crippen molar-refractivity contribution < 1.29 is 40.7 Å². The fraction of sp³-hybridized carbons (Fsp3) is 0.474. The number of nitrogens with zero attached hydrogens (tertiary/aromatic N) is 1. The number of halogens is 6. The van der Waals surface area contributed by atoms with Crippen molar-refractivity contribution in [3.63, 3.8) is 0 Å². The number of likely N-dealkylation sites (tertiary alicyclic amines) is 1. The molecule has 1 aliphatic carbocycles. The SMILES string of the molecule is O=C1N[C@]2(CO1)C[C@H](C(=O)N1CC(/C=C(\F)c3ccc(C(F)(F)F)c(F)c3F)C1)C2. The van der Waals surface area contributed by atoms with Crippen molar-refractivity contribution in [3.8, 4) is 0 Å². The molecule has 0 bridgehead atoms. The van der Waals surface area contributed by atoms with Crippen LogP contribution in [0.2, 0.25) is 0 Å². The Morgan fingerprint density at radius 2 is 1.87 bits per heavy atom. The van der Waals surface area contributed by atoms with E-state index in [4.69, 9.17) is 4.74 Å². The molecule has 0 radical (unpaired) electrons. The van der Waals surface area contributed by atoms with Crippen LogP contribution in [0.3, 0.4) is 0 Å². The topological polar surface area (TPSA) is 58.6 Å². The smallest absolute Gasteiger partial charge is 0.419 e. The predicted molar refractivity (Wildman–Crippen MR) is 90.5 cm³/mol. The molecule has 2 aliphatic heterocycles. The Morgan fingerprint density at radius 1 is 1.20 bits per heavy atom. The number of hydrogen-bond acceptors (Lipinski definition) is 3. The molecule has 3 fully saturated rings. The van der Waals surface area contributed by atoms with Gasteiger partial charge in [0.15, 0.2) is 11.6 Å². The molecule has 1 aromatic carbocycles. The normalized spacial score (nSPS) is 26.9. The lowest BCUT2D eigenvalue weighted by Crippen LogP contribution is -2.61. The fourth-order valence-electron chi connectivity index (χ4n) is 4.08. The fourth-order valence-corrected chi connectivity index (χ4v) is 4.08. The van der Waals surface area contributed by atoms with Crippen LogP contribution in [-0.2, 0) is 15.7 Å². The van der Waals surface area contributed by atoms with E-state index >= 15 is 0 Å². The van der Waals surface area contributed by atoms with E-state index < -0.39 is 52.3 Å². The molecule has 2 heterocycles. The third-order valence-corrected chi connectivity index (χ3v) is 5.72. The maximum atomic E-state index is 14.3. The van der Waals surface area contributed by atoms with Gasteiger partial charge in [-0.1, -0.05) is 0 Å². The summed E-state index contributed by atoms with van der Waals surface area (Å²) in [7, 11) is 0. The van der Waals surface area contributed by atoms with Gasteiger partial charge in [-0.25, -0.2) is 18.0 Å². The number of nitrogens with one attached hydrogen (secondary N) is 1. The largest absolute Gasteiger partial charge is 0.447 e. The lowest BCUT2D eigenvalue weighted by molar-refractivity contribution is -0.146. The summed E-state index contributed by atoms with van der Waals surface area (Å²) in [6, 6.07) is 0.830. The number of carbonyl (C=O) groups excluding carboxylic acids is 2. The van der Waals surface area contributed by atoms with Gasteiger partial charge >= 0.3 is 12.3 Å². The van der Waals surface area contributed by atoms with Crippen LogP contribution in [0.15, 0.2) is 18.2 Å². The quantitative estimate of drug-likeness (QED) is 0.740. The maximum Gasteiger partial charge on any atom is 0.419 e. The second-order valence-electron chi connectivity index (χ2n) is 7.89. The van der Waals surface area contributed by atoms with E-state index in [9.17, 15) is 35.9 Å². The van der Waals surface area contributed by atoms with Gasteiger partial charge in [-0.05, 0) is 31.1 Å². The molecule has 3 aliphatic rings. The van der Waals surface area contributed by atoms with Crippen molar-refractivity contribution >= 4 is 17.8 Å². The Kier molecular flexibility index (Phi) is 4.74. The number of amides is 2. The zero-order valence-corrected chi connectivity index (χ0v) is 15.4.